The number of rotatable bonds is 2. The molecule has 1 aliphatic heterocycles. The van der Waals surface area contributed by atoms with Crippen LogP contribution in [0.4, 0.5) is 0 Å². The monoisotopic (exact) mass is 535 g/mol. The van der Waals surface area contributed by atoms with E-state index in [0.717, 1.165) is 12.7 Å². The van der Waals surface area contributed by atoms with E-state index in [9.17, 15) is 4.79 Å². The number of benzene rings is 2. The first-order valence-corrected chi connectivity index (χ1v) is 8.80. The summed E-state index contributed by atoms with van der Waals surface area (Å²) in [5, 5.41) is 0.502. The van der Waals surface area contributed by atoms with Crippen molar-refractivity contribution in [2.24, 2.45) is 4.99 Å². The molecule has 1 aliphatic rings. The van der Waals surface area contributed by atoms with E-state index in [1.807, 2.05) is 36.4 Å². The van der Waals surface area contributed by atoms with Gasteiger partial charge in [-0.05, 0) is 81.1 Å². The van der Waals surface area contributed by atoms with Crippen LogP contribution in [-0.2, 0) is 9.53 Å². The highest BCUT2D eigenvalue weighted by Crippen LogP contribution is 2.26. The fraction of sp³-hybridized carbons (Fsp3) is 0. The molecule has 3 nitrogen and oxygen atoms in total. The van der Waals surface area contributed by atoms with E-state index in [1.165, 1.54) is 0 Å². The van der Waals surface area contributed by atoms with Gasteiger partial charge in [0, 0.05) is 7.14 Å². The maximum absolute atomic E-state index is 12.0. The molecule has 2 aromatic rings. The Balaban J connectivity index is 2.02. The normalized spacial score (nSPS) is 15.9. The summed E-state index contributed by atoms with van der Waals surface area (Å²) in [4.78, 5) is 16.3. The number of aliphatic imine (C=N–C) groups is 1. The maximum Gasteiger partial charge on any atom is 0.363 e. The van der Waals surface area contributed by atoms with Crippen molar-refractivity contribution in [3.8, 4) is 0 Å². The zero-order valence-electron chi connectivity index (χ0n) is 11.0. The Morgan fingerprint density at radius 3 is 2.68 bits per heavy atom. The summed E-state index contributed by atoms with van der Waals surface area (Å²) in [6.45, 7) is 0. The van der Waals surface area contributed by atoms with Crippen LogP contribution in [-0.4, -0.2) is 11.9 Å². The van der Waals surface area contributed by atoms with Gasteiger partial charge in [0.2, 0.25) is 5.90 Å². The lowest BCUT2D eigenvalue weighted by molar-refractivity contribution is -0.129. The molecule has 0 spiro atoms. The van der Waals surface area contributed by atoms with E-state index in [0.29, 0.717) is 10.6 Å². The number of ether oxygens (including phenoxy) is 1. The third-order valence-electron chi connectivity index (χ3n) is 2.98. The first-order chi connectivity index (χ1) is 10.5. The summed E-state index contributed by atoms with van der Waals surface area (Å²) in [7, 11) is 0. The van der Waals surface area contributed by atoms with Crippen LogP contribution in [0.15, 0.2) is 53.2 Å². The van der Waals surface area contributed by atoms with Crippen LogP contribution in [0.5, 0.6) is 0 Å². The molecule has 0 radical (unpaired) electrons. The molecular weight excluding hydrogens is 527 g/mol. The molecule has 0 N–H and O–H groups in total. The molecule has 6 heteroatoms. The number of cyclic esters (lactones) is 1. The molecule has 0 aromatic heterocycles. The van der Waals surface area contributed by atoms with Crippen LogP contribution >= 0.6 is 56.8 Å². The second-order valence-corrected chi connectivity index (χ2v) is 7.30. The van der Waals surface area contributed by atoms with Gasteiger partial charge in [-0.3, -0.25) is 0 Å². The van der Waals surface area contributed by atoms with Gasteiger partial charge in [0.15, 0.2) is 5.70 Å². The minimum absolute atomic E-state index is 0.241. The minimum atomic E-state index is -0.468. The summed E-state index contributed by atoms with van der Waals surface area (Å²) in [6, 6.07) is 13.2. The smallest absolute Gasteiger partial charge is 0.363 e. The molecular formula is C16H8ClI2NO2. The standard InChI is InChI=1S/C16H8ClI2NO2/c17-12-6-5-10(18)8-11(12)15-20-14(16(21)22-15)7-9-3-1-2-4-13(9)19/h1-8H. The molecule has 3 rings (SSSR count). The van der Waals surface area contributed by atoms with Crippen LogP contribution in [0.1, 0.15) is 11.1 Å². The molecule has 0 atom stereocenters. The highest BCUT2D eigenvalue weighted by Gasteiger charge is 2.25. The number of hydrogen-bond donors (Lipinski definition) is 0. The lowest BCUT2D eigenvalue weighted by atomic mass is 10.2. The van der Waals surface area contributed by atoms with Gasteiger partial charge >= 0.3 is 5.97 Å². The van der Waals surface area contributed by atoms with Gasteiger partial charge in [0.1, 0.15) is 0 Å². The fourth-order valence-electron chi connectivity index (χ4n) is 1.93. The second kappa shape index (κ2) is 6.67. The quantitative estimate of drug-likeness (QED) is 0.312. The number of carbonyl (C=O) groups excluding carboxylic acids is 1. The van der Waals surface area contributed by atoms with Crippen molar-refractivity contribution in [1.82, 2.24) is 0 Å². The number of hydrogen-bond acceptors (Lipinski definition) is 3. The van der Waals surface area contributed by atoms with Crippen molar-refractivity contribution in [2.45, 2.75) is 0 Å². The summed E-state index contributed by atoms with van der Waals surface area (Å²) in [5.41, 5.74) is 1.82. The van der Waals surface area contributed by atoms with Gasteiger partial charge in [0.05, 0.1) is 10.6 Å². The highest BCUT2D eigenvalue weighted by molar-refractivity contribution is 14.1. The summed E-state index contributed by atoms with van der Waals surface area (Å²) in [6.07, 6.45) is 1.72. The SMILES string of the molecule is O=C1OC(c2cc(I)ccc2Cl)=NC1=Cc1ccccc1I. The van der Waals surface area contributed by atoms with Gasteiger partial charge in [-0.25, -0.2) is 9.79 Å². The van der Waals surface area contributed by atoms with Crippen molar-refractivity contribution in [2.75, 3.05) is 0 Å². The van der Waals surface area contributed by atoms with E-state index in [4.69, 9.17) is 16.3 Å². The predicted octanol–water partition coefficient (Wildman–Crippen LogP) is 4.89. The molecule has 22 heavy (non-hydrogen) atoms. The van der Waals surface area contributed by atoms with Crippen LogP contribution in [0.25, 0.3) is 6.08 Å². The Hall–Kier alpha value is -0.930. The Bertz CT molecular complexity index is 831. The van der Waals surface area contributed by atoms with Gasteiger partial charge in [0.25, 0.3) is 0 Å². The number of nitrogens with zero attached hydrogens (tertiary/aromatic N) is 1. The lowest BCUT2D eigenvalue weighted by Gasteiger charge is -2.02. The average molecular weight is 536 g/mol. The molecule has 110 valence electrons. The Morgan fingerprint density at radius 2 is 1.91 bits per heavy atom. The fourth-order valence-corrected chi connectivity index (χ4v) is 3.16. The molecule has 0 aliphatic carbocycles. The number of esters is 1. The van der Waals surface area contributed by atoms with Crippen molar-refractivity contribution in [3.05, 3.63) is 71.5 Å². The Kier molecular flexibility index (Phi) is 4.84. The van der Waals surface area contributed by atoms with E-state index in [-0.39, 0.29) is 11.6 Å². The zero-order chi connectivity index (χ0) is 15.7. The van der Waals surface area contributed by atoms with Crippen molar-refractivity contribution >= 4 is 74.7 Å². The highest BCUT2D eigenvalue weighted by atomic mass is 127. The number of carbonyl (C=O) groups is 1. The van der Waals surface area contributed by atoms with Crippen LogP contribution in [0.3, 0.4) is 0 Å². The average Bonchev–Trinajstić information content (AvgIpc) is 2.85. The first-order valence-electron chi connectivity index (χ1n) is 6.27. The molecule has 0 saturated heterocycles. The van der Waals surface area contributed by atoms with E-state index in [1.54, 1.807) is 12.1 Å². The second-order valence-electron chi connectivity index (χ2n) is 4.48. The first kappa shape index (κ1) is 15.9. The third-order valence-corrected chi connectivity index (χ3v) is 4.96. The molecule has 1 heterocycles. The van der Waals surface area contributed by atoms with Crippen LogP contribution < -0.4 is 0 Å². The van der Waals surface area contributed by atoms with Crippen molar-refractivity contribution in [1.29, 1.82) is 0 Å². The topological polar surface area (TPSA) is 38.7 Å². The molecule has 0 saturated carbocycles. The van der Waals surface area contributed by atoms with E-state index >= 15 is 0 Å². The maximum atomic E-state index is 12.0. The molecule has 0 amide bonds. The van der Waals surface area contributed by atoms with Crippen LogP contribution in [0.2, 0.25) is 5.02 Å². The van der Waals surface area contributed by atoms with Gasteiger partial charge in [-0.2, -0.15) is 0 Å². The minimum Gasteiger partial charge on any atom is -0.402 e. The van der Waals surface area contributed by atoms with E-state index < -0.39 is 5.97 Å². The van der Waals surface area contributed by atoms with Gasteiger partial charge in [-0.1, -0.05) is 29.8 Å². The lowest BCUT2D eigenvalue weighted by Crippen LogP contribution is -2.06. The molecule has 0 fully saturated rings. The molecule has 2 aromatic carbocycles. The van der Waals surface area contributed by atoms with Gasteiger partial charge in [-0.15, -0.1) is 0 Å². The summed E-state index contributed by atoms with van der Waals surface area (Å²) >= 11 is 10.5. The predicted molar refractivity (Wildman–Crippen MR) is 104 cm³/mol. The molecule has 0 bridgehead atoms. The summed E-state index contributed by atoms with van der Waals surface area (Å²) in [5.74, 6) is -0.227. The van der Waals surface area contributed by atoms with Gasteiger partial charge < -0.3 is 4.74 Å². The van der Waals surface area contributed by atoms with E-state index in [2.05, 4.69) is 50.2 Å². The Morgan fingerprint density at radius 1 is 1.14 bits per heavy atom. The van der Waals surface area contributed by atoms with Crippen LogP contribution in [0, 0.1) is 7.14 Å². The summed E-state index contributed by atoms with van der Waals surface area (Å²) < 4.78 is 7.29. The van der Waals surface area contributed by atoms with Crippen molar-refractivity contribution in [3.63, 3.8) is 0 Å². The largest absolute Gasteiger partial charge is 0.402 e. The third kappa shape index (κ3) is 3.36. The zero-order valence-corrected chi connectivity index (χ0v) is 16.1. The molecule has 0 unspecified atom stereocenters. The van der Waals surface area contributed by atoms with Crippen molar-refractivity contribution < 1.29 is 9.53 Å². The number of halogens is 3. The Labute approximate surface area is 159 Å².